The lowest BCUT2D eigenvalue weighted by molar-refractivity contribution is -0.118. The highest BCUT2D eigenvalue weighted by atomic mass is 35.5. The first-order chi connectivity index (χ1) is 17.6. The minimum atomic E-state index is -0.537. The number of halogens is 2. The fraction of sp³-hybridized carbons (Fsp3) is 0.433. The Morgan fingerprint density at radius 1 is 1.03 bits per heavy atom. The standard InChI is InChI=1S/C30H34ClFN2O3/c1-18(2)4-5-19(3)28(35)29(36)25-17-33-27-16-26(31)24(15-23(25)27)30(37)34-12-10-21(11-13-34)14-20-6-8-22(32)9-7-20/h6-9,15-19,21,33H,4-5,10-14H2,1-3H3. The van der Waals surface area contributed by atoms with Gasteiger partial charge in [0.15, 0.2) is 0 Å². The molecule has 37 heavy (non-hydrogen) atoms. The topological polar surface area (TPSA) is 70.2 Å². The van der Waals surface area contributed by atoms with Crippen LogP contribution in [0.3, 0.4) is 0 Å². The molecule has 1 saturated heterocycles. The Kier molecular flexibility index (Phi) is 8.48. The lowest BCUT2D eigenvalue weighted by Crippen LogP contribution is -2.39. The summed E-state index contributed by atoms with van der Waals surface area (Å²) in [5, 5.41) is 0.844. The first-order valence-corrected chi connectivity index (χ1v) is 13.4. The van der Waals surface area contributed by atoms with Crippen LogP contribution in [0.1, 0.15) is 72.7 Å². The second-order valence-electron chi connectivity index (χ2n) is 10.7. The Morgan fingerprint density at radius 3 is 2.35 bits per heavy atom. The van der Waals surface area contributed by atoms with Crippen molar-refractivity contribution in [2.45, 2.75) is 52.9 Å². The predicted molar refractivity (Wildman–Crippen MR) is 145 cm³/mol. The molecular weight excluding hydrogens is 491 g/mol. The average molecular weight is 525 g/mol. The number of ketones is 2. The number of amides is 1. The van der Waals surface area contributed by atoms with Crippen LogP contribution in [0.5, 0.6) is 0 Å². The van der Waals surface area contributed by atoms with Crippen LogP contribution in [0.15, 0.2) is 42.6 Å². The summed E-state index contributed by atoms with van der Waals surface area (Å²) in [5.74, 6) is -0.840. The fourth-order valence-electron chi connectivity index (χ4n) is 5.03. The van der Waals surface area contributed by atoms with Crippen molar-refractivity contribution in [3.05, 3.63) is 70.1 Å². The summed E-state index contributed by atoms with van der Waals surface area (Å²) in [7, 11) is 0. The summed E-state index contributed by atoms with van der Waals surface area (Å²) < 4.78 is 13.2. The molecule has 4 rings (SSSR count). The molecule has 1 atom stereocenters. The number of nitrogens with zero attached hydrogens (tertiary/aromatic N) is 1. The molecule has 1 unspecified atom stereocenters. The number of benzene rings is 2. The minimum absolute atomic E-state index is 0.177. The predicted octanol–water partition coefficient (Wildman–Crippen LogP) is 6.88. The molecule has 1 N–H and O–H groups in total. The number of H-pyrrole nitrogens is 1. The first kappa shape index (κ1) is 27.1. The van der Waals surface area contributed by atoms with E-state index in [1.807, 2.05) is 12.1 Å². The highest BCUT2D eigenvalue weighted by Crippen LogP contribution is 2.30. The zero-order chi connectivity index (χ0) is 26.7. The van der Waals surface area contributed by atoms with Crippen molar-refractivity contribution in [2.24, 2.45) is 17.8 Å². The van der Waals surface area contributed by atoms with E-state index in [1.54, 1.807) is 24.0 Å². The maximum Gasteiger partial charge on any atom is 0.255 e. The molecule has 0 aliphatic carbocycles. The van der Waals surface area contributed by atoms with E-state index in [9.17, 15) is 18.8 Å². The van der Waals surface area contributed by atoms with Gasteiger partial charge in [-0.15, -0.1) is 0 Å². The Morgan fingerprint density at radius 2 is 1.70 bits per heavy atom. The lowest BCUT2D eigenvalue weighted by atomic mass is 9.90. The highest BCUT2D eigenvalue weighted by molar-refractivity contribution is 6.46. The van der Waals surface area contributed by atoms with Crippen molar-refractivity contribution < 1.29 is 18.8 Å². The molecule has 1 aliphatic heterocycles. The van der Waals surface area contributed by atoms with Crippen LogP contribution in [0.25, 0.3) is 10.9 Å². The van der Waals surface area contributed by atoms with E-state index in [0.717, 1.165) is 31.2 Å². The van der Waals surface area contributed by atoms with Gasteiger partial charge in [0.1, 0.15) is 5.82 Å². The largest absolute Gasteiger partial charge is 0.360 e. The normalized spacial score (nSPS) is 15.4. The van der Waals surface area contributed by atoms with Gasteiger partial charge < -0.3 is 9.88 Å². The van der Waals surface area contributed by atoms with E-state index in [2.05, 4.69) is 18.8 Å². The van der Waals surface area contributed by atoms with E-state index in [4.69, 9.17) is 11.6 Å². The number of aromatic amines is 1. The van der Waals surface area contributed by atoms with Gasteiger partial charge in [-0.2, -0.15) is 0 Å². The molecule has 0 saturated carbocycles. The highest BCUT2D eigenvalue weighted by Gasteiger charge is 2.28. The fourth-order valence-corrected chi connectivity index (χ4v) is 5.27. The van der Waals surface area contributed by atoms with E-state index in [0.29, 0.717) is 52.8 Å². The molecule has 0 bridgehead atoms. The summed E-state index contributed by atoms with van der Waals surface area (Å²) in [6.45, 7) is 7.18. The molecular formula is C30H34ClFN2O3. The van der Waals surface area contributed by atoms with Crippen LogP contribution in [0.2, 0.25) is 5.02 Å². The van der Waals surface area contributed by atoms with Gasteiger partial charge >= 0.3 is 0 Å². The number of fused-ring (bicyclic) bond motifs is 1. The van der Waals surface area contributed by atoms with Gasteiger partial charge in [-0.05, 0) is 67.3 Å². The molecule has 0 radical (unpaired) electrons. The van der Waals surface area contributed by atoms with Crippen LogP contribution < -0.4 is 0 Å². The average Bonchev–Trinajstić information content (AvgIpc) is 3.29. The maximum absolute atomic E-state index is 13.4. The summed E-state index contributed by atoms with van der Waals surface area (Å²) in [5.41, 5.74) is 2.32. The van der Waals surface area contributed by atoms with Crippen molar-refractivity contribution >= 4 is 40.0 Å². The minimum Gasteiger partial charge on any atom is -0.360 e. The monoisotopic (exact) mass is 524 g/mol. The number of hydrogen-bond acceptors (Lipinski definition) is 3. The van der Waals surface area contributed by atoms with Crippen LogP contribution in [0, 0.1) is 23.6 Å². The number of piperidine rings is 1. The quantitative estimate of drug-likeness (QED) is 0.245. The Labute approximate surface area is 222 Å². The zero-order valence-electron chi connectivity index (χ0n) is 21.7. The molecule has 0 spiro atoms. The third kappa shape index (κ3) is 6.30. The van der Waals surface area contributed by atoms with Gasteiger partial charge in [-0.1, -0.05) is 50.9 Å². The third-order valence-corrected chi connectivity index (χ3v) is 7.74. The van der Waals surface area contributed by atoms with Gasteiger partial charge in [0.05, 0.1) is 16.1 Å². The summed E-state index contributed by atoms with van der Waals surface area (Å²) in [6, 6.07) is 9.87. The third-order valence-electron chi connectivity index (χ3n) is 7.43. The van der Waals surface area contributed by atoms with Crippen molar-refractivity contribution in [1.29, 1.82) is 0 Å². The number of aromatic nitrogens is 1. The van der Waals surface area contributed by atoms with Gasteiger partial charge in [-0.3, -0.25) is 14.4 Å². The van der Waals surface area contributed by atoms with Crippen LogP contribution in [-0.4, -0.2) is 40.4 Å². The molecule has 196 valence electrons. The number of hydrogen-bond donors (Lipinski definition) is 1. The summed E-state index contributed by atoms with van der Waals surface area (Å²) in [4.78, 5) is 44.1. The van der Waals surface area contributed by atoms with Crippen LogP contribution >= 0.6 is 11.6 Å². The summed E-state index contributed by atoms with van der Waals surface area (Å²) in [6.07, 6.45) is 5.62. The maximum atomic E-state index is 13.4. The zero-order valence-corrected chi connectivity index (χ0v) is 22.4. The molecule has 5 nitrogen and oxygen atoms in total. The van der Waals surface area contributed by atoms with Gasteiger partial charge in [-0.25, -0.2) is 4.39 Å². The number of carbonyl (C=O) groups excluding carboxylic acids is 3. The Hall–Kier alpha value is -2.99. The SMILES string of the molecule is CC(C)CCC(C)C(=O)C(=O)c1c[nH]c2cc(Cl)c(C(=O)N3CCC(Cc4ccc(F)cc4)CC3)cc12. The Bertz CT molecular complexity index is 1290. The number of carbonyl (C=O) groups is 3. The van der Waals surface area contributed by atoms with Gasteiger partial charge in [0.25, 0.3) is 5.91 Å². The first-order valence-electron chi connectivity index (χ1n) is 13.1. The van der Waals surface area contributed by atoms with Crippen molar-refractivity contribution in [2.75, 3.05) is 13.1 Å². The Balaban J connectivity index is 1.46. The van der Waals surface area contributed by atoms with Crippen LogP contribution in [0.4, 0.5) is 4.39 Å². The molecule has 1 amide bonds. The van der Waals surface area contributed by atoms with E-state index >= 15 is 0 Å². The van der Waals surface area contributed by atoms with Gasteiger partial charge in [0.2, 0.25) is 11.6 Å². The van der Waals surface area contributed by atoms with Gasteiger partial charge in [0, 0.05) is 36.1 Å². The molecule has 2 aromatic carbocycles. The second-order valence-corrected chi connectivity index (χ2v) is 11.1. The smallest absolute Gasteiger partial charge is 0.255 e. The van der Waals surface area contributed by atoms with E-state index < -0.39 is 11.6 Å². The molecule has 1 aliphatic rings. The van der Waals surface area contributed by atoms with E-state index in [1.165, 1.54) is 18.3 Å². The number of nitrogens with one attached hydrogen (secondary N) is 1. The molecule has 1 fully saturated rings. The second kappa shape index (κ2) is 11.6. The lowest BCUT2D eigenvalue weighted by Gasteiger charge is -2.32. The van der Waals surface area contributed by atoms with Crippen LogP contribution in [-0.2, 0) is 11.2 Å². The number of likely N-dealkylation sites (tertiary alicyclic amines) is 1. The number of rotatable bonds is 9. The molecule has 2 heterocycles. The molecule has 1 aromatic heterocycles. The van der Waals surface area contributed by atoms with Crippen molar-refractivity contribution in [1.82, 2.24) is 9.88 Å². The van der Waals surface area contributed by atoms with Crippen molar-refractivity contribution in [3.8, 4) is 0 Å². The summed E-state index contributed by atoms with van der Waals surface area (Å²) >= 11 is 6.49. The number of Topliss-reactive ketones (excluding diaryl/α,β-unsaturated/α-hetero) is 2. The molecule has 7 heteroatoms. The van der Waals surface area contributed by atoms with Crippen molar-refractivity contribution in [3.63, 3.8) is 0 Å². The molecule has 3 aromatic rings. The van der Waals surface area contributed by atoms with E-state index in [-0.39, 0.29) is 23.2 Å².